The molecule has 0 bridgehead atoms. The van der Waals surface area contributed by atoms with E-state index in [2.05, 4.69) is 169 Å². The molecule has 0 spiro atoms. The maximum atomic E-state index is 2.42. The van der Waals surface area contributed by atoms with Gasteiger partial charge in [0.25, 0.3) is 0 Å². The highest BCUT2D eigenvalue weighted by molar-refractivity contribution is 6.02. The highest BCUT2D eigenvalue weighted by Gasteiger charge is 2.19. The molecule has 7 aromatic rings. The van der Waals surface area contributed by atoms with E-state index in [9.17, 15) is 0 Å². The summed E-state index contributed by atoms with van der Waals surface area (Å²) in [5.74, 6) is 0. The van der Waals surface area contributed by atoms with Crippen LogP contribution in [0.25, 0.3) is 43.8 Å². The average molecular weight is 498 g/mol. The first-order valence-corrected chi connectivity index (χ1v) is 13.4. The van der Waals surface area contributed by atoms with Gasteiger partial charge in [0.1, 0.15) is 0 Å². The van der Waals surface area contributed by atoms with Crippen LogP contribution in [0.1, 0.15) is 0 Å². The van der Waals surface area contributed by atoms with E-state index in [4.69, 9.17) is 0 Å². The van der Waals surface area contributed by atoms with Gasteiger partial charge in [0.15, 0.2) is 0 Å². The number of anilines is 3. The summed E-state index contributed by atoms with van der Waals surface area (Å²) in [5, 5.41) is 4.96. The van der Waals surface area contributed by atoms with Crippen molar-refractivity contribution < 1.29 is 0 Å². The lowest BCUT2D eigenvalue weighted by Crippen LogP contribution is -2.11. The van der Waals surface area contributed by atoms with Gasteiger partial charge in [0.2, 0.25) is 0 Å². The van der Waals surface area contributed by atoms with Gasteiger partial charge in [-0.15, -0.1) is 0 Å². The smallest absolute Gasteiger partial charge is 0.0540 e. The molecule has 0 saturated carbocycles. The molecule has 0 unspecified atom stereocenters. The molecule has 39 heavy (non-hydrogen) atoms. The molecular formula is C38H27N. The molecule has 0 saturated heterocycles. The number of fused-ring (bicyclic) bond motifs is 2. The molecule has 184 valence electrons. The van der Waals surface area contributed by atoms with Crippen molar-refractivity contribution in [3.63, 3.8) is 0 Å². The van der Waals surface area contributed by atoms with Crippen molar-refractivity contribution in [1.82, 2.24) is 0 Å². The van der Waals surface area contributed by atoms with Crippen molar-refractivity contribution >= 4 is 38.6 Å². The summed E-state index contributed by atoms with van der Waals surface area (Å²) in [5.41, 5.74) is 8.27. The average Bonchev–Trinajstić information content (AvgIpc) is 3.02. The number of benzene rings is 7. The van der Waals surface area contributed by atoms with Crippen LogP contribution in [-0.4, -0.2) is 0 Å². The van der Waals surface area contributed by atoms with Gasteiger partial charge in [0, 0.05) is 16.6 Å². The molecule has 0 radical (unpaired) electrons. The monoisotopic (exact) mass is 497 g/mol. The largest absolute Gasteiger partial charge is 0.309 e. The number of rotatable bonds is 5. The van der Waals surface area contributed by atoms with Gasteiger partial charge >= 0.3 is 0 Å². The van der Waals surface area contributed by atoms with Crippen molar-refractivity contribution in [2.45, 2.75) is 0 Å². The Bertz CT molecular complexity index is 1910. The van der Waals surface area contributed by atoms with E-state index in [1.165, 1.54) is 43.8 Å². The SMILES string of the molecule is c1ccc(-c2ccccc2N(c2cccc(-c3cccc4ccccc34)c2)c2cccc3ccccc23)cc1. The lowest BCUT2D eigenvalue weighted by atomic mass is 9.97. The number of hydrogen-bond donors (Lipinski definition) is 0. The van der Waals surface area contributed by atoms with Crippen molar-refractivity contribution in [1.29, 1.82) is 0 Å². The van der Waals surface area contributed by atoms with Crippen molar-refractivity contribution in [2.24, 2.45) is 0 Å². The fraction of sp³-hybridized carbons (Fsp3) is 0. The first-order valence-electron chi connectivity index (χ1n) is 13.4. The minimum Gasteiger partial charge on any atom is -0.309 e. The zero-order valence-corrected chi connectivity index (χ0v) is 21.5. The normalized spacial score (nSPS) is 11.1. The highest BCUT2D eigenvalue weighted by Crippen LogP contribution is 2.44. The quantitative estimate of drug-likeness (QED) is 0.229. The molecule has 7 aromatic carbocycles. The molecule has 0 aliphatic rings. The van der Waals surface area contributed by atoms with Crippen LogP contribution in [0.15, 0.2) is 164 Å². The van der Waals surface area contributed by atoms with Crippen LogP contribution < -0.4 is 4.90 Å². The van der Waals surface area contributed by atoms with Crippen LogP contribution >= 0.6 is 0 Å². The molecule has 0 N–H and O–H groups in total. The summed E-state index contributed by atoms with van der Waals surface area (Å²) in [4.78, 5) is 2.42. The van der Waals surface area contributed by atoms with Gasteiger partial charge in [-0.3, -0.25) is 0 Å². The number of para-hydroxylation sites is 1. The highest BCUT2D eigenvalue weighted by atomic mass is 15.1. The standard InChI is InChI=1S/C38H27N/c1-2-13-29(14-3-1)35-23-8-9-25-37(35)39(38-26-12-18-30-16-5-7-22-36(30)38)32-20-10-19-31(27-32)34-24-11-17-28-15-4-6-21-33(28)34/h1-27H. The first-order chi connectivity index (χ1) is 19.4. The van der Waals surface area contributed by atoms with E-state index in [0.29, 0.717) is 0 Å². The molecular weight excluding hydrogens is 470 g/mol. The van der Waals surface area contributed by atoms with E-state index in [1.807, 2.05) is 0 Å². The molecule has 0 amide bonds. The third-order valence-electron chi connectivity index (χ3n) is 7.44. The Morgan fingerprint density at radius 1 is 0.333 bits per heavy atom. The van der Waals surface area contributed by atoms with Crippen LogP contribution in [0.5, 0.6) is 0 Å². The predicted octanol–water partition coefficient (Wildman–Crippen LogP) is 10.8. The lowest BCUT2D eigenvalue weighted by molar-refractivity contribution is 1.30. The van der Waals surface area contributed by atoms with Crippen molar-refractivity contribution in [3.8, 4) is 22.3 Å². The maximum absolute atomic E-state index is 2.42. The fourth-order valence-corrected chi connectivity index (χ4v) is 5.63. The van der Waals surface area contributed by atoms with Gasteiger partial charge in [-0.1, -0.05) is 140 Å². The second kappa shape index (κ2) is 9.96. The third-order valence-corrected chi connectivity index (χ3v) is 7.44. The molecule has 0 aliphatic carbocycles. The predicted molar refractivity (Wildman–Crippen MR) is 167 cm³/mol. The Labute approximate surface area is 229 Å². The Balaban J connectivity index is 1.49. The Morgan fingerprint density at radius 2 is 0.872 bits per heavy atom. The molecule has 7 rings (SSSR count). The molecule has 1 nitrogen and oxygen atoms in total. The van der Waals surface area contributed by atoms with E-state index in [-0.39, 0.29) is 0 Å². The summed E-state index contributed by atoms with van der Waals surface area (Å²) in [6.45, 7) is 0. The molecule has 0 heterocycles. The van der Waals surface area contributed by atoms with Crippen LogP contribution in [-0.2, 0) is 0 Å². The van der Waals surface area contributed by atoms with E-state index in [0.717, 1.165) is 17.1 Å². The Hall–Kier alpha value is -5.14. The minimum atomic E-state index is 1.13. The van der Waals surface area contributed by atoms with E-state index < -0.39 is 0 Å². The summed E-state index contributed by atoms with van der Waals surface area (Å²) >= 11 is 0. The summed E-state index contributed by atoms with van der Waals surface area (Å²) in [6, 6.07) is 58.7. The van der Waals surface area contributed by atoms with Gasteiger partial charge in [-0.25, -0.2) is 0 Å². The minimum absolute atomic E-state index is 1.13. The van der Waals surface area contributed by atoms with Crippen molar-refractivity contribution in [2.75, 3.05) is 4.90 Å². The number of hydrogen-bond acceptors (Lipinski definition) is 1. The molecule has 0 aromatic heterocycles. The molecule has 0 atom stereocenters. The van der Waals surface area contributed by atoms with Gasteiger partial charge in [0.05, 0.1) is 11.4 Å². The second-order valence-corrected chi connectivity index (χ2v) is 9.79. The second-order valence-electron chi connectivity index (χ2n) is 9.79. The summed E-state index contributed by atoms with van der Waals surface area (Å²) in [7, 11) is 0. The number of nitrogens with zero attached hydrogens (tertiary/aromatic N) is 1. The lowest BCUT2D eigenvalue weighted by Gasteiger charge is -2.29. The summed E-state index contributed by atoms with van der Waals surface area (Å²) < 4.78 is 0. The van der Waals surface area contributed by atoms with Crippen LogP contribution in [0.3, 0.4) is 0 Å². The Morgan fingerprint density at radius 3 is 1.72 bits per heavy atom. The van der Waals surface area contributed by atoms with Crippen LogP contribution in [0, 0.1) is 0 Å². The Kier molecular flexibility index (Phi) is 5.88. The molecule has 0 fully saturated rings. The van der Waals surface area contributed by atoms with Crippen LogP contribution in [0.2, 0.25) is 0 Å². The van der Waals surface area contributed by atoms with Crippen molar-refractivity contribution in [3.05, 3.63) is 164 Å². The van der Waals surface area contributed by atoms with E-state index >= 15 is 0 Å². The molecule has 0 aliphatic heterocycles. The zero-order valence-electron chi connectivity index (χ0n) is 21.5. The van der Waals surface area contributed by atoms with Gasteiger partial charge in [-0.05, 0) is 57.1 Å². The topological polar surface area (TPSA) is 3.24 Å². The molecule has 1 heteroatoms. The zero-order chi connectivity index (χ0) is 26.0. The maximum Gasteiger partial charge on any atom is 0.0540 e. The van der Waals surface area contributed by atoms with E-state index in [1.54, 1.807) is 0 Å². The fourth-order valence-electron chi connectivity index (χ4n) is 5.63. The third kappa shape index (κ3) is 4.24. The van der Waals surface area contributed by atoms with Gasteiger partial charge < -0.3 is 4.90 Å². The van der Waals surface area contributed by atoms with Crippen LogP contribution in [0.4, 0.5) is 17.1 Å². The summed E-state index contributed by atoms with van der Waals surface area (Å²) in [6.07, 6.45) is 0. The first kappa shape index (κ1) is 23.0. The van der Waals surface area contributed by atoms with Gasteiger partial charge in [-0.2, -0.15) is 0 Å².